The molecule has 0 unspecified atom stereocenters. The summed E-state index contributed by atoms with van der Waals surface area (Å²) < 4.78 is 5.33. The third-order valence-corrected chi connectivity index (χ3v) is 4.84. The maximum Gasteiger partial charge on any atom is 0.191 e. The van der Waals surface area contributed by atoms with Gasteiger partial charge in [0.1, 0.15) is 0 Å². The van der Waals surface area contributed by atoms with Crippen molar-refractivity contribution in [3.8, 4) is 0 Å². The Hall–Kier alpha value is -1.75. The lowest BCUT2D eigenvalue weighted by Crippen LogP contribution is -2.44. The predicted molar refractivity (Wildman–Crippen MR) is 94.8 cm³/mol. The van der Waals surface area contributed by atoms with Crippen molar-refractivity contribution in [1.82, 2.24) is 4.90 Å². The van der Waals surface area contributed by atoms with Crippen molar-refractivity contribution in [3.05, 3.63) is 29.8 Å². The standard InChI is InChI=1S/C18H28N4O/c1-15-6-8-21(9-7-15)17-4-2-16(3-5-17)14-20-18(19)22-10-12-23-13-11-22/h2-5,15H,6-14H2,1H3,(H2,19,20). The van der Waals surface area contributed by atoms with E-state index in [1.54, 1.807) is 0 Å². The van der Waals surface area contributed by atoms with Gasteiger partial charge in [0.15, 0.2) is 5.96 Å². The molecule has 0 aliphatic carbocycles. The van der Waals surface area contributed by atoms with E-state index in [4.69, 9.17) is 10.5 Å². The number of morpholine rings is 1. The zero-order valence-electron chi connectivity index (χ0n) is 14.1. The number of hydrogen-bond acceptors (Lipinski definition) is 3. The summed E-state index contributed by atoms with van der Waals surface area (Å²) in [5.41, 5.74) is 8.60. The Bertz CT molecular complexity index is 514. The number of hydrogen-bond donors (Lipinski definition) is 1. The second-order valence-electron chi connectivity index (χ2n) is 6.61. The molecule has 5 heteroatoms. The number of ether oxygens (including phenoxy) is 1. The van der Waals surface area contributed by atoms with Crippen LogP contribution >= 0.6 is 0 Å². The fraction of sp³-hybridized carbons (Fsp3) is 0.611. The first-order valence-electron chi connectivity index (χ1n) is 8.69. The summed E-state index contributed by atoms with van der Waals surface area (Å²) in [6, 6.07) is 8.77. The lowest BCUT2D eigenvalue weighted by molar-refractivity contribution is 0.0674. The molecule has 23 heavy (non-hydrogen) atoms. The van der Waals surface area contributed by atoms with Crippen LogP contribution in [0.25, 0.3) is 0 Å². The van der Waals surface area contributed by atoms with Crippen LogP contribution in [0.2, 0.25) is 0 Å². The highest BCUT2D eigenvalue weighted by Gasteiger charge is 2.16. The molecule has 2 heterocycles. The van der Waals surface area contributed by atoms with E-state index in [0.29, 0.717) is 12.5 Å². The second kappa shape index (κ2) is 7.68. The van der Waals surface area contributed by atoms with E-state index in [1.807, 2.05) is 0 Å². The van der Waals surface area contributed by atoms with Crippen molar-refractivity contribution in [2.75, 3.05) is 44.3 Å². The summed E-state index contributed by atoms with van der Waals surface area (Å²) >= 11 is 0. The summed E-state index contributed by atoms with van der Waals surface area (Å²) in [5.74, 6) is 1.49. The summed E-state index contributed by atoms with van der Waals surface area (Å²) in [6.45, 7) is 8.46. The van der Waals surface area contributed by atoms with Crippen LogP contribution in [0.3, 0.4) is 0 Å². The monoisotopic (exact) mass is 316 g/mol. The fourth-order valence-corrected chi connectivity index (χ4v) is 3.14. The van der Waals surface area contributed by atoms with Gasteiger partial charge in [-0.05, 0) is 36.5 Å². The van der Waals surface area contributed by atoms with Gasteiger partial charge in [-0.1, -0.05) is 19.1 Å². The van der Waals surface area contributed by atoms with Gasteiger partial charge in [-0.3, -0.25) is 0 Å². The van der Waals surface area contributed by atoms with E-state index < -0.39 is 0 Å². The first-order valence-corrected chi connectivity index (χ1v) is 8.69. The third-order valence-electron chi connectivity index (χ3n) is 4.84. The molecule has 2 aliphatic heterocycles. The Morgan fingerprint density at radius 1 is 1.13 bits per heavy atom. The third kappa shape index (κ3) is 4.38. The van der Waals surface area contributed by atoms with Crippen LogP contribution in [0.1, 0.15) is 25.3 Å². The van der Waals surface area contributed by atoms with Crippen molar-refractivity contribution in [2.45, 2.75) is 26.3 Å². The Morgan fingerprint density at radius 2 is 1.78 bits per heavy atom. The van der Waals surface area contributed by atoms with Gasteiger partial charge in [-0.15, -0.1) is 0 Å². The average molecular weight is 316 g/mol. The maximum atomic E-state index is 6.07. The van der Waals surface area contributed by atoms with E-state index in [9.17, 15) is 0 Å². The zero-order chi connectivity index (χ0) is 16.1. The second-order valence-corrected chi connectivity index (χ2v) is 6.61. The van der Waals surface area contributed by atoms with Crippen molar-refractivity contribution < 1.29 is 4.74 Å². The first kappa shape index (κ1) is 16.1. The number of anilines is 1. The van der Waals surface area contributed by atoms with Crippen LogP contribution in [0, 0.1) is 5.92 Å². The van der Waals surface area contributed by atoms with Gasteiger partial charge >= 0.3 is 0 Å². The molecular weight excluding hydrogens is 288 g/mol. The van der Waals surface area contributed by atoms with E-state index in [-0.39, 0.29) is 0 Å². The lowest BCUT2D eigenvalue weighted by Gasteiger charge is -2.32. The van der Waals surface area contributed by atoms with Gasteiger partial charge in [0.2, 0.25) is 0 Å². The van der Waals surface area contributed by atoms with Crippen molar-refractivity contribution in [1.29, 1.82) is 0 Å². The number of nitrogens with two attached hydrogens (primary N) is 1. The minimum Gasteiger partial charge on any atom is -0.378 e. The van der Waals surface area contributed by atoms with Gasteiger partial charge in [-0.2, -0.15) is 0 Å². The molecule has 0 radical (unpaired) electrons. The minimum absolute atomic E-state index is 0.627. The van der Waals surface area contributed by atoms with Gasteiger partial charge in [0.05, 0.1) is 19.8 Å². The topological polar surface area (TPSA) is 54.1 Å². The maximum absolute atomic E-state index is 6.07. The summed E-state index contributed by atoms with van der Waals surface area (Å²) in [5, 5.41) is 0. The zero-order valence-corrected chi connectivity index (χ0v) is 14.1. The summed E-state index contributed by atoms with van der Waals surface area (Å²) in [6.07, 6.45) is 2.59. The Balaban J connectivity index is 1.54. The molecule has 1 aromatic rings. The summed E-state index contributed by atoms with van der Waals surface area (Å²) in [4.78, 5) is 9.09. The summed E-state index contributed by atoms with van der Waals surface area (Å²) in [7, 11) is 0. The first-order chi connectivity index (χ1) is 11.2. The number of piperidine rings is 1. The highest BCUT2D eigenvalue weighted by molar-refractivity contribution is 5.78. The van der Waals surface area contributed by atoms with Crippen molar-refractivity contribution in [2.24, 2.45) is 16.6 Å². The van der Waals surface area contributed by atoms with E-state index in [2.05, 4.69) is 46.0 Å². The molecule has 2 N–H and O–H groups in total. The predicted octanol–water partition coefficient (Wildman–Crippen LogP) is 2.07. The molecule has 2 saturated heterocycles. The average Bonchev–Trinajstić information content (AvgIpc) is 2.61. The van der Waals surface area contributed by atoms with E-state index in [1.165, 1.54) is 37.2 Å². The molecule has 0 amide bonds. The molecule has 2 aliphatic rings. The van der Waals surface area contributed by atoms with Crippen molar-refractivity contribution in [3.63, 3.8) is 0 Å². The fourth-order valence-electron chi connectivity index (χ4n) is 3.14. The number of rotatable bonds is 3. The molecule has 0 saturated carbocycles. The normalized spacial score (nSPS) is 20.8. The molecule has 126 valence electrons. The van der Waals surface area contributed by atoms with Crippen LogP contribution in [0.5, 0.6) is 0 Å². The molecule has 1 aromatic carbocycles. The molecule has 0 atom stereocenters. The lowest BCUT2D eigenvalue weighted by atomic mass is 9.99. The highest BCUT2D eigenvalue weighted by atomic mass is 16.5. The quantitative estimate of drug-likeness (QED) is 0.685. The molecule has 5 nitrogen and oxygen atoms in total. The largest absolute Gasteiger partial charge is 0.378 e. The van der Waals surface area contributed by atoms with E-state index in [0.717, 1.165) is 32.2 Å². The SMILES string of the molecule is CC1CCN(c2ccc(CN=C(N)N3CCOCC3)cc2)CC1. The molecular formula is C18H28N4O. The number of nitrogens with zero attached hydrogens (tertiary/aromatic N) is 3. The molecule has 2 fully saturated rings. The van der Waals surface area contributed by atoms with Crippen LogP contribution in [0.4, 0.5) is 5.69 Å². The number of aliphatic imine (C=N–C) groups is 1. The van der Waals surface area contributed by atoms with Crippen LogP contribution in [-0.4, -0.2) is 50.3 Å². The van der Waals surface area contributed by atoms with Crippen LogP contribution < -0.4 is 10.6 Å². The van der Waals surface area contributed by atoms with Crippen molar-refractivity contribution >= 4 is 11.6 Å². The van der Waals surface area contributed by atoms with Crippen LogP contribution in [-0.2, 0) is 11.3 Å². The Labute approximate surface area is 139 Å². The highest BCUT2D eigenvalue weighted by Crippen LogP contribution is 2.23. The Morgan fingerprint density at radius 3 is 2.43 bits per heavy atom. The van der Waals surface area contributed by atoms with Gasteiger partial charge < -0.3 is 20.3 Å². The number of benzene rings is 1. The molecule has 0 aromatic heterocycles. The van der Waals surface area contributed by atoms with Gasteiger partial charge in [0.25, 0.3) is 0 Å². The van der Waals surface area contributed by atoms with Crippen LogP contribution in [0.15, 0.2) is 29.3 Å². The molecule has 0 spiro atoms. The smallest absolute Gasteiger partial charge is 0.191 e. The molecule has 3 rings (SSSR count). The minimum atomic E-state index is 0.627. The van der Waals surface area contributed by atoms with Gasteiger partial charge in [0, 0.05) is 31.9 Å². The molecule has 0 bridgehead atoms. The van der Waals surface area contributed by atoms with Gasteiger partial charge in [-0.25, -0.2) is 4.99 Å². The van der Waals surface area contributed by atoms with E-state index >= 15 is 0 Å². The number of guanidine groups is 1. The Kier molecular flexibility index (Phi) is 5.39.